The van der Waals surface area contributed by atoms with Gasteiger partial charge in [0.1, 0.15) is 18.0 Å². The summed E-state index contributed by atoms with van der Waals surface area (Å²) < 4.78 is 0. The Morgan fingerprint density at radius 1 is 1.10 bits per heavy atom. The third kappa shape index (κ3) is 4.96. The van der Waals surface area contributed by atoms with Gasteiger partial charge in [-0.1, -0.05) is 20.8 Å². The van der Waals surface area contributed by atoms with Crippen LogP contribution in [0.1, 0.15) is 33.3 Å². The van der Waals surface area contributed by atoms with Gasteiger partial charge in [-0.15, -0.1) is 0 Å². The van der Waals surface area contributed by atoms with E-state index in [1.807, 2.05) is 0 Å². The van der Waals surface area contributed by atoms with E-state index in [1.165, 1.54) is 0 Å². The minimum Gasteiger partial charge on any atom is -0.370 e. The molecule has 0 spiro atoms. The van der Waals surface area contributed by atoms with Crippen LogP contribution in [0.25, 0.3) is 0 Å². The van der Waals surface area contributed by atoms with E-state index in [0.717, 1.165) is 43.3 Å². The summed E-state index contributed by atoms with van der Waals surface area (Å²) in [5, 5.41) is 6.79. The Morgan fingerprint density at radius 3 is 2.20 bits per heavy atom. The molecule has 0 bridgehead atoms. The molecule has 0 aromatic carbocycles. The van der Waals surface area contributed by atoms with Crippen LogP contribution in [0.4, 0.5) is 11.6 Å². The Bertz CT molecular complexity index is 415. The first-order valence-corrected chi connectivity index (χ1v) is 7.36. The molecule has 0 unspecified atom stereocenters. The van der Waals surface area contributed by atoms with Crippen LogP contribution in [0.5, 0.6) is 0 Å². The smallest absolute Gasteiger partial charge is 0.134 e. The molecule has 1 aromatic rings. The molecule has 1 aromatic heterocycles. The number of aromatic nitrogens is 2. The van der Waals surface area contributed by atoms with Crippen molar-refractivity contribution in [2.45, 2.75) is 34.1 Å². The highest BCUT2D eigenvalue weighted by atomic mass is 15.1. The van der Waals surface area contributed by atoms with Gasteiger partial charge in [-0.25, -0.2) is 9.97 Å². The van der Waals surface area contributed by atoms with Crippen molar-refractivity contribution in [2.24, 2.45) is 5.41 Å². The van der Waals surface area contributed by atoms with Crippen molar-refractivity contribution < 1.29 is 0 Å². The van der Waals surface area contributed by atoms with Gasteiger partial charge in [0.2, 0.25) is 0 Å². The van der Waals surface area contributed by atoms with Crippen LogP contribution in [0.2, 0.25) is 0 Å². The lowest BCUT2D eigenvalue weighted by molar-refractivity contribution is 0.254. The van der Waals surface area contributed by atoms with E-state index in [2.05, 4.69) is 67.3 Å². The average Bonchev–Trinajstić information content (AvgIpc) is 2.35. The fraction of sp³-hybridized carbons (Fsp3) is 0.733. The van der Waals surface area contributed by atoms with Crippen LogP contribution in [-0.2, 0) is 6.42 Å². The Kier molecular flexibility index (Phi) is 6.20. The van der Waals surface area contributed by atoms with Gasteiger partial charge in [0, 0.05) is 25.2 Å². The Morgan fingerprint density at radius 2 is 1.70 bits per heavy atom. The summed E-state index contributed by atoms with van der Waals surface area (Å²) in [6, 6.07) is 0. The van der Waals surface area contributed by atoms with E-state index in [1.54, 1.807) is 6.33 Å². The molecule has 0 atom stereocenters. The molecule has 0 fully saturated rings. The van der Waals surface area contributed by atoms with Gasteiger partial charge in [0.05, 0.1) is 0 Å². The van der Waals surface area contributed by atoms with Gasteiger partial charge < -0.3 is 15.5 Å². The summed E-state index contributed by atoms with van der Waals surface area (Å²) in [4.78, 5) is 10.9. The maximum atomic E-state index is 4.40. The third-order valence-electron chi connectivity index (χ3n) is 3.12. The van der Waals surface area contributed by atoms with Crippen molar-refractivity contribution in [3.63, 3.8) is 0 Å². The van der Waals surface area contributed by atoms with Gasteiger partial charge in [0.15, 0.2) is 0 Å². The Balaban J connectivity index is 2.79. The second-order valence-electron chi connectivity index (χ2n) is 6.19. The van der Waals surface area contributed by atoms with Crippen molar-refractivity contribution in [2.75, 3.05) is 44.4 Å². The first kappa shape index (κ1) is 16.7. The van der Waals surface area contributed by atoms with Gasteiger partial charge in [-0.05, 0) is 32.9 Å². The number of anilines is 2. The highest BCUT2D eigenvalue weighted by molar-refractivity contribution is 5.57. The van der Waals surface area contributed by atoms with E-state index < -0.39 is 0 Å². The molecule has 2 N–H and O–H groups in total. The fourth-order valence-electron chi connectivity index (χ4n) is 2.45. The molecule has 1 heterocycles. The molecule has 0 radical (unpaired) electrons. The van der Waals surface area contributed by atoms with Crippen LogP contribution in [-0.4, -0.2) is 48.6 Å². The minimum absolute atomic E-state index is 0.192. The Labute approximate surface area is 123 Å². The standard InChI is InChI=1S/C15H29N5/c1-7-12-13(16-8-2)18-11-19-14(12)17-9-15(3,4)10-20(5)6/h11H,7-10H2,1-6H3,(H2,16,17,18,19). The SMILES string of the molecule is CCNc1ncnc(NCC(C)(C)CN(C)C)c1CC. The van der Waals surface area contributed by atoms with Crippen LogP contribution in [0.3, 0.4) is 0 Å². The summed E-state index contributed by atoms with van der Waals surface area (Å²) in [6.07, 6.45) is 2.54. The molecule has 0 aliphatic heterocycles. The van der Waals surface area contributed by atoms with Crippen molar-refractivity contribution in [3.05, 3.63) is 11.9 Å². The monoisotopic (exact) mass is 279 g/mol. The molecule has 0 aliphatic rings. The largest absolute Gasteiger partial charge is 0.370 e. The predicted molar refractivity (Wildman–Crippen MR) is 86.4 cm³/mol. The zero-order valence-corrected chi connectivity index (χ0v) is 13.7. The first-order valence-electron chi connectivity index (χ1n) is 7.36. The topological polar surface area (TPSA) is 53.1 Å². The van der Waals surface area contributed by atoms with Crippen LogP contribution < -0.4 is 10.6 Å². The number of hydrogen-bond acceptors (Lipinski definition) is 5. The molecule has 0 aliphatic carbocycles. The second-order valence-corrected chi connectivity index (χ2v) is 6.19. The Hall–Kier alpha value is -1.36. The van der Waals surface area contributed by atoms with Crippen LogP contribution in [0.15, 0.2) is 6.33 Å². The maximum absolute atomic E-state index is 4.40. The highest BCUT2D eigenvalue weighted by Gasteiger charge is 2.20. The lowest BCUT2D eigenvalue weighted by atomic mass is 9.93. The quantitative estimate of drug-likeness (QED) is 0.765. The third-order valence-corrected chi connectivity index (χ3v) is 3.12. The molecule has 1 rings (SSSR count). The number of rotatable bonds is 8. The lowest BCUT2D eigenvalue weighted by Gasteiger charge is -2.29. The molecule has 0 saturated heterocycles. The minimum atomic E-state index is 0.192. The highest BCUT2D eigenvalue weighted by Crippen LogP contribution is 2.23. The van der Waals surface area contributed by atoms with Crippen molar-refractivity contribution in [3.8, 4) is 0 Å². The van der Waals surface area contributed by atoms with E-state index >= 15 is 0 Å². The molecule has 5 nitrogen and oxygen atoms in total. The molecular formula is C15H29N5. The summed E-state index contributed by atoms with van der Waals surface area (Å²) in [7, 11) is 4.21. The van der Waals surface area contributed by atoms with Gasteiger partial charge in [0.25, 0.3) is 0 Å². The molecule has 0 saturated carbocycles. The number of hydrogen-bond donors (Lipinski definition) is 2. The van der Waals surface area contributed by atoms with E-state index in [-0.39, 0.29) is 5.41 Å². The zero-order chi connectivity index (χ0) is 15.2. The maximum Gasteiger partial charge on any atom is 0.134 e. The number of nitrogens with zero attached hydrogens (tertiary/aromatic N) is 3. The summed E-state index contributed by atoms with van der Waals surface area (Å²) in [5.74, 6) is 1.89. The summed E-state index contributed by atoms with van der Waals surface area (Å²) in [5.41, 5.74) is 1.35. The van der Waals surface area contributed by atoms with Gasteiger partial charge >= 0.3 is 0 Å². The number of nitrogens with one attached hydrogen (secondary N) is 2. The van der Waals surface area contributed by atoms with E-state index in [0.29, 0.717) is 0 Å². The molecular weight excluding hydrogens is 250 g/mol. The second kappa shape index (κ2) is 7.43. The molecule has 114 valence electrons. The molecule has 5 heteroatoms. The molecule has 0 amide bonds. The normalized spacial score (nSPS) is 11.8. The van der Waals surface area contributed by atoms with Crippen LogP contribution >= 0.6 is 0 Å². The fourth-order valence-corrected chi connectivity index (χ4v) is 2.45. The lowest BCUT2D eigenvalue weighted by Crippen LogP contribution is -2.34. The van der Waals surface area contributed by atoms with E-state index in [9.17, 15) is 0 Å². The van der Waals surface area contributed by atoms with Crippen LogP contribution in [0, 0.1) is 5.41 Å². The molecule has 20 heavy (non-hydrogen) atoms. The van der Waals surface area contributed by atoms with Gasteiger partial charge in [-0.3, -0.25) is 0 Å². The van der Waals surface area contributed by atoms with Crippen molar-refractivity contribution >= 4 is 11.6 Å². The van der Waals surface area contributed by atoms with E-state index in [4.69, 9.17) is 0 Å². The van der Waals surface area contributed by atoms with Gasteiger partial charge in [-0.2, -0.15) is 0 Å². The first-order chi connectivity index (χ1) is 9.39. The summed E-state index contributed by atoms with van der Waals surface area (Å²) in [6.45, 7) is 11.5. The van der Waals surface area contributed by atoms with Crippen molar-refractivity contribution in [1.82, 2.24) is 14.9 Å². The average molecular weight is 279 g/mol. The summed E-state index contributed by atoms with van der Waals surface area (Å²) >= 11 is 0. The zero-order valence-electron chi connectivity index (χ0n) is 13.7. The predicted octanol–water partition coefficient (Wildman–Crippen LogP) is 2.47. The van der Waals surface area contributed by atoms with Crippen molar-refractivity contribution in [1.29, 1.82) is 0 Å².